The summed E-state index contributed by atoms with van der Waals surface area (Å²) in [4.78, 5) is 12.7. The minimum atomic E-state index is -0.274. The van der Waals surface area contributed by atoms with Gasteiger partial charge in [-0.1, -0.05) is 29.3 Å². The lowest BCUT2D eigenvalue weighted by atomic mass is 10.1. The van der Waals surface area contributed by atoms with E-state index in [2.05, 4.69) is 15.5 Å². The average Bonchev–Trinajstić information content (AvgIpc) is 3.02. The quantitative estimate of drug-likeness (QED) is 0.678. The highest BCUT2D eigenvalue weighted by molar-refractivity contribution is 7.98. The maximum absolute atomic E-state index is 12.7. The van der Waals surface area contributed by atoms with Crippen LogP contribution in [0.4, 0.5) is 0 Å². The number of nitrogens with one attached hydrogen (secondary N) is 1. The third-order valence-corrected chi connectivity index (χ3v) is 4.94. The summed E-state index contributed by atoms with van der Waals surface area (Å²) in [6.45, 7) is 0. The number of fused-ring (bicyclic) bond motifs is 1. The van der Waals surface area contributed by atoms with Gasteiger partial charge in [0.1, 0.15) is 0 Å². The zero-order valence-electron chi connectivity index (χ0n) is 13.4. The van der Waals surface area contributed by atoms with Crippen molar-refractivity contribution in [3.63, 3.8) is 0 Å². The summed E-state index contributed by atoms with van der Waals surface area (Å²) in [6, 6.07) is 10.2. The molecule has 0 aliphatic rings. The molecule has 1 atom stereocenters. The van der Waals surface area contributed by atoms with E-state index in [9.17, 15) is 4.79 Å². The van der Waals surface area contributed by atoms with Crippen LogP contribution in [0.3, 0.4) is 0 Å². The van der Waals surface area contributed by atoms with E-state index in [0.717, 1.165) is 17.8 Å². The first-order chi connectivity index (χ1) is 12.1. The number of pyridine rings is 1. The van der Waals surface area contributed by atoms with Crippen molar-refractivity contribution in [2.75, 3.05) is 12.0 Å². The van der Waals surface area contributed by atoms with E-state index >= 15 is 0 Å². The third kappa shape index (κ3) is 4.08. The number of hydrogen-bond donors (Lipinski definition) is 1. The summed E-state index contributed by atoms with van der Waals surface area (Å²) in [5, 5.41) is 12.3. The maximum atomic E-state index is 12.7. The van der Waals surface area contributed by atoms with Crippen molar-refractivity contribution in [2.45, 2.75) is 12.5 Å². The number of thioether (sulfide) groups is 1. The Morgan fingerprint density at radius 3 is 2.88 bits per heavy atom. The first-order valence-electron chi connectivity index (χ1n) is 7.64. The van der Waals surface area contributed by atoms with Gasteiger partial charge in [0, 0.05) is 11.2 Å². The molecule has 0 fully saturated rings. The van der Waals surface area contributed by atoms with Crippen LogP contribution in [0.5, 0.6) is 0 Å². The molecule has 3 rings (SSSR count). The van der Waals surface area contributed by atoms with Crippen LogP contribution in [0.1, 0.15) is 28.6 Å². The predicted molar refractivity (Wildman–Crippen MR) is 103 cm³/mol. The van der Waals surface area contributed by atoms with E-state index in [0.29, 0.717) is 21.4 Å². The molecule has 1 aromatic carbocycles. The Morgan fingerprint density at radius 1 is 1.28 bits per heavy atom. The molecule has 25 heavy (non-hydrogen) atoms. The Labute approximate surface area is 159 Å². The van der Waals surface area contributed by atoms with E-state index in [1.54, 1.807) is 30.0 Å². The number of carbonyl (C=O) groups is 1. The lowest BCUT2D eigenvalue weighted by molar-refractivity contribution is 0.0934. The van der Waals surface area contributed by atoms with Gasteiger partial charge in [0.2, 0.25) is 0 Å². The van der Waals surface area contributed by atoms with Crippen LogP contribution in [0.2, 0.25) is 10.0 Å². The summed E-state index contributed by atoms with van der Waals surface area (Å²) in [7, 11) is 0. The molecule has 0 bridgehead atoms. The monoisotopic (exact) mass is 394 g/mol. The molecule has 130 valence electrons. The minimum Gasteiger partial charge on any atom is -0.342 e. The van der Waals surface area contributed by atoms with Crippen LogP contribution < -0.4 is 5.32 Å². The first kappa shape index (κ1) is 18.0. The van der Waals surface area contributed by atoms with Crippen molar-refractivity contribution < 1.29 is 4.79 Å². The van der Waals surface area contributed by atoms with E-state index in [4.69, 9.17) is 23.2 Å². The smallest absolute Gasteiger partial charge is 0.253 e. The molecule has 1 amide bonds. The molecule has 1 unspecified atom stereocenters. The second kappa shape index (κ2) is 8.08. The van der Waals surface area contributed by atoms with Gasteiger partial charge >= 0.3 is 0 Å². The standard InChI is InChI=1S/C17H16Cl2N4OS/c1-25-9-7-14(16-22-21-15-4-2-3-8-23(15)16)20-17(24)12-6-5-11(18)10-13(12)19/h2-6,8,10,14H,7,9H2,1H3,(H,20,24). The molecule has 0 radical (unpaired) electrons. The average molecular weight is 395 g/mol. The summed E-state index contributed by atoms with van der Waals surface area (Å²) in [6.07, 6.45) is 4.64. The van der Waals surface area contributed by atoms with E-state index in [1.807, 2.05) is 35.1 Å². The molecular weight excluding hydrogens is 379 g/mol. The molecule has 2 heterocycles. The summed E-state index contributed by atoms with van der Waals surface area (Å²) in [5.74, 6) is 1.31. The Morgan fingerprint density at radius 2 is 2.12 bits per heavy atom. The fourth-order valence-electron chi connectivity index (χ4n) is 2.51. The number of halogens is 2. The van der Waals surface area contributed by atoms with Crippen molar-refractivity contribution in [3.8, 4) is 0 Å². The number of aromatic nitrogens is 3. The van der Waals surface area contributed by atoms with Crippen molar-refractivity contribution >= 4 is 46.5 Å². The second-order valence-corrected chi connectivity index (χ2v) is 7.25. The Balaban J connectivity index is 1.89. The fourth-order valence-corrected chi connectivity index (χ4v) is 3.47. The largest absolute Gasteiger partial charge is 0.342 e. The number of benzene rings is 1. The van der Waals surface area contributed by atoms with Gasteiger partial charge in [-0.25, -0.2) is 0 Å². The van der Waals surface area contributed by atoms with Crippen LogP contribution in [0.15, 0.2) is 42.6 Å². The van der Waals surface area contributed by atoms with Gasteiger partial charge in [-0.2, -0.15) is 11.8 Å². The highest BCUT2D eigenvalue weighted by atomic mass is 35.5. The van der Waals surface area contributed by atoms with Crippen molar-refractivity contribution in [2.24, 2.45) is 0 Å². The first-order valence-corrected chi connectivity index (χ1v) is 9.79. The second-order valence-electron chi connectivity index (χ2n) is 5.42. The molecule has 1 N–H and O–H groups in total. The molecule has 0 spiro atoms. The highest BCUT2D eigenvalue weighted by Gasteiger charge is 2.22. The molecule has 8 heteroatoms. The number of rotatable bonds is 6. The van der Waals surface area contributed by atoms with Crippen molar-refractivity contribution in [1.82, 2.24) is 19.9 Å². The third-order valence-electron chi connectivity index (χ3n) is 3.74. The van der Waals surface area contributed by atoms with Gasteiger partial charge in [-0.3, -0.25) is 9.20 Å². The normalized spacial score (nSPS) is 12.3. The van der Waals surface area contributed by atoms with Gasteiger partial charge in [0.25, 0.3) is 5.91 Å². The van der Waals surface area contributed by atoms with Gasteiger partial charge < -0.3 is 5.32 Å². The number of carbonyl (C=O) groups excluding carboxylic acids is 1. The molecule has 0 aliphatic heterocycles. The zero-order chi connectivity index (χ0) is 17.8. The number of nitrogens with zero attached hydrogens (tertiary/aromatic N) is 3. The topological polar surface area (TPSA) is 59.3 Å². The zero-order valence-corrected chi connectivity index (χ0v) is 15.8. The molecular formula is C17H16Cl2N4OS. The Bertz CT molecular complexity index is 899. The minimum absolute atomic E-state index is 0.263. The molecule has 2 aromatic heterocycles. The SMILES string of the molecule is CSCCC(NC(=O)c1ccc(Cl)cc1Cl)c1nnc2ccccn12. The van der Waals surface area contributed by atoms with Gasteiger partial charge in [0.15, 0.2) is 11.5 Å². The van der Waals surface area contributed by atoms with Crippen LogP contribution >= 0.6 is 35.0 Å². The van der Waals surface area contributed by atoms with E-state index in [1.165, 1.54) is 0 Å². The molecule has 0 saturated heterocycles. The maximum Gasteiger partial charge on any atom is 0.253 e. The van der Waals surface area contributed by atoms with Crippen molar-refractivity contribution in [3.05, 3.63) is 64.0 Å². The van der Waals surface area contributed by atoms with Crippen LogP contribution in [-0.2, 0) is 0 Å². The van der Waals surface area contributed by atoms with Crippen molar-refractivity contribution in [1.29, 1.82) is 0 Å². The highest BCUT2D eigenvalue weighted by Crippen LogP contribution is 2.23. The van der Waals surface area contributed by atoms with E-state index in [-0.39, 0.29) is 11.9 Å². The van der Waals surface area contributed by atoms with Crippen LogP contribution in [0, 0.1) is 0 Å². The Hall–Kier alpha value is -1.76. The number of amides is 1. The summed E-state index contributed by atoms with van der Waals surface area (Å²) >= 11 is 13.8. The molecule has 0 aliphatic carbocycles. The summed E-state index contributed by atoms with van der Waals surface area (Å²) < 4.78 is 1.88. The van der Waals surface area contributed by atoms with Gasteiger partial charge in [-0.05, 0) is 48.8 Å². The van der Waals surface area contributed by atoms with Crippen LogP contribution in [-0.4, -0.2) is 32.5 Å². The molecule has 0 saturated carbocycles. The Kier molecular flexibility index (Phi) is 5.83. The van der Waals surface area contributed by atoms with E-state index < -0.39 is 0 Å². The van der Waals surface area contributed by atoms with Gasteiger partial charge in [0.05, 0.1) is 16.6 Å². The summed E-state index contributed by atoms with van der Waals surface area (Å²) in [5.41, 5.74) is 1.12. The van der Waals surface area contributed by atoms with Gasteiger partial charge in [-0.15, -0.1) is 10.2 Å². The molecule has 3 aromatic rings. The molecule has 5 nitrogen and oxygen atoms in total. The predicted octanol–water partition coefficient (Wildman–Crippen LogP) is 4.26. The number of hydrogen-bond acceptors (Lipinski definition) is 4. The lowest BCUT2D eigenvalue weighted by Gasteiger charge is -2.17. The lowest BCUT2D eigenvalue weighted by Crippen LogP contribution is -2.30. The van der Waals surface area contributed by atoms with Crippen LogP contribution in [0.25, 0.3) is 5.65 Å². The fraction of sp³-hybridized carbons (Fsp3) is 0.235.